The van der Waals surface area contributed by atoms with Crippen molar-refractivity contribution >= 4 is 11.8 Å². The van der Waals surface area contributed by atoms with Gasteiger partial charge in [0.15, 0.2) is 0 Å². The van der Waals surface area contributed by atoms with Crippen molar-refractivity contribution in [2.24, 2.45) is 5.92 Å². The molecule has 0 unspecified atom stereocenters. The number of aliphatic hydroxyl groups excluding tert-OH is 1. The number of benzene rings is 1. The van der Waals surface area contributed by atoms with Crippen LogP contribution in [0, 0.1) is 5.92 Å². The standard InChI is InChI=1S/C19H26N2OS/c1-15(2)18(13-22)21-12-19(17-10-6-7-11-20-17)23-14-16-8-4-3-5-9-16/h3-11,15,18-19,21-22H,12-14H2,1-2H3/t18-,19-/m1/s1. The average Bonchev–Trinajstić information content (AvgIpc) is 2.59. The Bertz CT molecular complexity index is 548. The van der Waals surface area contributed by atoms with Crippen LogP contribution in [-0.4, -0.2) is 29.3 Å². The second-order valence-electron chi connectivity index (χ2n) is 5.98. The minimum absolute atomic E-state index is 0.124. The van der Waals surface area contributed by atoms with Crippen LogP contribution in [0.3, 0.4) is 0 Å². The maximum atomic E-state index is 9.50. The van der Waals surface area contributed by atoms with Crippen molar-refractivity contribution in [3.8, 4) is 0 Å². The molecule has 2 N–H and O–H groups in total. The lowest BCUT2D eigenvalue weighted by molar-refractivity contribution is 0.211. The highest BCUT2D eigenvalue weighted by molar-refractivity contribution is 7.98. The van der Waals surface area contributed by atoms with E-state index in [-0.39, 0.29) is 17.9 Å². The lowest BCUT2D eigenvalue weighted by atomic mass is 10.1. The number of hydrogen-bond donors (Lipinski definition) is 2. The third-order valence-corrected chi connectivity index (χ3v) is 5.19. The molecule has 0 aliphatic heterocycles. The molecule has 2 aromatic rings. The molecule has 1 aromatic carbocycles. The fourth-order valence-electron chi connectivity index (χ4n) is 2.36. The molecular formula is C19H26N2OS. The zero-order chi connectivity index (χ0) is 16.5. The number of nitrogens with one attached hydrogen (secondary N) is 1. The SMILES string of the molecule is CC(C)[C@@H](CO)NC[C@@H](SCc1ccccc1)c1ccccn1. The highest BCUT2D eigenvalue weighted by Crippen LogP contribution is 2.30. The molecule has 0 saturated heterocycles. The molecule has 0 saturated carbocycles. The van der Waals surface area contributed by atoms with E-state index >= 15 is 0 Å². The van der Waals surface area contributed by atoms with Gasteiger partial charge < -0.3 is 10.4 Å². The number of thioether (sulfide) groups is 1. The lowest BCUT2D eigenvalue weighted by Gasteiger charge is -2.24. The van der Waals surface area contributed by atoms with Gasteiger partial charge in [0.25, 0.3) is 0 Å². The van der Waals surface area contributed by atoms with E-state index in [1.54, 1.807) is 0 Å². The van der Waals surface area contributed by atoms with Crippen molar-refractivity contribution in [3.05, 3.63) is 66.0 Å². The molecule has 0 spiro atoms. The minimum atomic E-state index is 0.124. The van der Waals surface area contributed by atoms with Gasteiger partial charge in [-0.3, -0.25) is 4.98 Å². The molecule has 0 fully saturated rings. The molecule has 0 bridgehead atoms. The first kappa shape index (κ1) is 18.0. The molecule has 124 valence electrons. The van der Waals surface area contributed by atoms with Crippen LogP contribution in [0.25, 0.3) is 0 Å². The summed E-state index contributed by atoms with van der Waals surface area (Å²) in [5, 5.41) is 13.3. The first-order valence-electron chi connectivity index (χ1n) is 8.11. The monoisotopic (exact) mass is 330 g/mol. The van der Waals surface area contributed by atoms with Crippen LogP contribution < -0.4 is 5.32 Å². The molecule has 0 aliphatic rings. The van der Waals surface area contributed by atoms with Gasteiger partial charge in [-0.1, -0.05) is 50.2 Å². The van der Waals surface area contributed by atoms with Crippen molar-refractivity contribution in [1.82, 2.24) is 10.3 Å². The fourth-order valence-corrected chi connectivity index (χ4v) is 3.47. The van der Waals surface area contributed by atoms with Crippen LogP contribution >= 0.6 is 11.8 Å². The zero-order valence-electron chi connectivity index (χ0n) is 13.9. The number of aliphatic hydroxyl groups is 1. The summed E-state index contributed by atoms with van der Waals surface area (Å²) in [6.07, 6.45) is 1.84. The molecule has 23 heavy (non-hydrogen) atoms. The summed E-state index contributed by atoms with van der Waals surface area (Å²) in [6.45, 7) is 5.22. The second kappa shape index (κ2) is 9.71. The molecule has 3 nitrogen and oxygen atoms in total. The maximum absolute atomic E-state index is 9.50. The number of rotatable bonds is 9. The van der Waals surface area contributed by atoms with Gasteiger partial charge in [-0.25, -0.2) is 0 Å². The molecule has 0 radical (unpaired) electrons. The topological polar surface area (TPSA) is 45.1 Å². The van der Waals surface area contributed by atoms with Gasteiger partial charge in [0.2, 0.25) is 0 Å². The van der Waals surface area contributed by atoms with Gasteiger partial charge in [0, 0.05) is 24.5 Å². The van der Waals surface area contributed by atoms with Crippen LogP contribution in [0.1, 0.15) is 30.4 Å². The normalized spacial score (nSPS) is 13.9. The van der Waals surface area contributed by atoms with E-state index in [2.05, 4.69) is 54.5 Å². The number of nitrogens with zero attached hydrogens (tertiary/aromatic N) is 1. The highest BCUT2D eigenvalue weighted by Gasteiger charge is 2.17. The van der Waals surface area contributed by atoms with Gasteiger partial charge in [0.1, 0.15) is 0 Å². The Morgan fingerprint density at radius 2 is 1.83 bits per heavy atom. The third kappa shape index (κ3) is 5.98. The Kier molecular flexibility index (Phi) is 7.59. The van der Waals surface area contributed by atoms with E-state index in [0.717, 1.165) is 18.0 Å². The Morgan fingerprint density at radius 1 is 1.09 bits per heavy atom. The summed E-state index contributed by atoms with van der Waals surface area (Å²) in [5.41, 5.74) is 2.40. The number of hydrogen-bond acceptors (Lipinski definition) is 4. The predicted molar refractivity (Wildman–Crippen MR) is 98.4 cm³/mol. The van der Waals surface area contributed by atoms with E-state index in [9.17, 15) is 5.11 Å². The van der Waals surface area contributed by atoms with Gasteiger partial charge >= 0.3 is 0 Å². The van der Waals surface area contributed by atoms with Crippen molar-refractivity contribution < 1.29 is 5.11 Å². The second-order valence-corrected chi connectivity index (χ2v) is 7.17. The highest BCUT2D eigenvalue weighted by atomic mass is 32.2. The minimum Gasteiger partial charge on any atom is -0.395 e. The Hall–Kier alpha value is -1.36. The summed E-state index contributed by atoms with van der Waals surface area (Å²) in [7, 11) is 0. The fraction of sp³-hybridized carbons (Fsp3) is 0.421. The van der Waals surface area contributed by atoms with E-state index in [4.69, 9.17) is 0 Å². The van der Waals surface area contributed by atoms with Crippen molar-refractivity contribution in [2.45, 2.75) is 30.9 Å². The molecule has 2 rings (SSSR count). The van der Waals surface area contributed by atoms with Crippen LogP contribution in [0.4, 0.5) is 0 Å². The van der Waals surface area contributed by atoms with Crippen LogP contribution in [0.2, 0.25) is 0 Å². The quantitative estimate of drug-likeness (QED) is 0.736. The number of pyridine rings is 1. The molecule has 0 amide bonds. The van der Waals surface area contributed by atoms with E-state index < -0.39 is 0 Å². The van der Waals surface area contributed by atoms with Crippen molar-refractivity contribution in [1.29, 1.82) is 0 Å². The molecular weight excluding hydrogens is 304 g/mol. The summed E-state index contributed by atoms with van der Waals surface area (Å²) in [6, 6.07) is 16.7. The van der Waals surface area contributed by atoms with E-state index in [0.29, 0.717) is 5.92 Å². The van der Waals surface area contributed by atoms with Gasteiger partial charge in [-0.15, -0.1) is 11.8 Å². The van der Waals surface area contributed by atoms with Crippen molar-refractivity contribution in [2.75, 3.05) is 13.2 Å². The van der Waals surface area contributed by atoms with Gasteiger partial charge in [0.05, 0.1) is 17.6 Å². The zero-order valence-corrected chi connectivity index (χ0v) is 14.7. The average molecular weight is 330 g/mol. The molecule has 2 atom stereocenters. The van der Waals surface area contributed by atoms with Crippen LogP contribution in [-0.2, 0) is 5.75 Å². The van der Waals surface area contributed by atoms with Crippen LogP contribution in [0.15, 0.2) is 54.7 Å². The molecule has 1 heterocycles. The Balaban J connectivity index is 2.00. The van der Waals surface area contributed by atoms with Gasteiger partial charge in [-0.05, 0) is 23.6 Å². The first-order chi connectivity index (χ1) is 11.2. The summed E-state index contributed by atoms with van der Waals surface area (Å²) in [4.78, 5) is 4.52. The summed E-state index contributed by atoms with van der Waals surface area (Å²) < 4.78 is 0. The number of aromatic nitrogens is 1. The smallest absolute Gasteiger partial charge is 0.0598 e. The Labute approximate surface area is 143 Å². The molecule has 1 aromatic heterocycles. The molecule has 0 aliphatic carbocycles. The Morgan fingerprint density at radius 3 is 2.43 bits per heavy atom. The van der Waals surface area contributed by atoms with Gasteiger partial charge in [-0.2, -0.15) is 0 Å². The predicted octanol–water partition coefficient (Wildman–Crippen LogP) is 3.66. The first-order valence-corrected chi connectivity index (χ1v) is 9.16. The van der Waals surface area contributed by atoms with Crippen LogP contribution in [0.5, 0.6) is 0 Å². The third-order valence-electron chi connectivity index (χ3n) is 3.88. The summed E-state index contributed by atoms with van der Waals surface area (Å²) >= 11 is 1.89. The maximum Gasteiger partial charge on any atom is 0.0598 e. The molecule has 4 heteroatoms. The lowest BCUT2D eigenvalue weighted by Crippen LogP contribution is -2.39. The van der Waals surface area contributed by atoms with E-state index in [1.165, 1.54) is 5.56 Å². The largest absolute Gasteiger partial charge is 0.395 e. The summed E-state index contributed by atoms with van der Waals surface area (Å²) in [5.74, 6) is 1.36. The van der Waals surface area contributed by atoms with E-state index in [1.807, 2.05) is 36.2 Å². The van der Waals surface area contributed by atoms with Crippen molar-refractivity contribution in [3.63, 3.8) is 0 Å².